The fourth-order valence-electron chi connectivity index (χ4n) is 2.12. The van der Waals surface area contributed by atoms with Gasteiger partial charge in [-0.25, -0.2) is 9.78 Å². The minimum atomic E-state index is -0.238. The van der Waals surface area contributed by atoms with Crippen molar-refractivity contribution in [3.05, 3.63) is 58.8 Å². The molecule has 0 saturated heterocycles. The first-order chi connectivity index (χ1) is 9.74. The van der Waals surface area contributed by atoms with Gasteiger partial charge in [-0.15, -0.1) is 0 Å². The number of methoxy groups -OCH3 is 1. The molecule has 0 amide bonds. The maximum Gasteiger partial charge on any atom is 0.347 e. The molecule has 1 aromatic heterocycles. The van der Waals surface area contributed by atoms with E-state index in [1.807, 2.05) is 31.2 Å². The van der Waals surface area contributed by atoms with Gasteiger partial charge < -0.3 is 10.1 Å². The zero-order valence-electron chi connectivity index (χ0n) is 11.7. The van der Waals surface area contributed by atoms with Crippen molar-refractivity contribution in [2.45, 2.75) is 19.5 Å². The summed E-state index contributed by atoms with van der Waals surface area (Å²) in [6.45, 7) is 3.39. The van der Waals surface area contributed by atoms with Crippen LogP contribution in [0.3, 0.4) is 0 Å². The molecule has 5 heteroatoms. The molecule has 106 valence electrons. The predicted molar refractivity (Wildman–Crippen MR) is 77.9 cm³/mol. The molecule has 1 atom stereocenters. The van der Waals surface area contributed by atoms with Crippen LogP contribution in [0.1, 0.15) is 18.5 Å². The lowest BCUT2D eigenvalue weighted by atomic mass is 10.1. The van der Waals surface area contributed by atoms with E-state index in [1.165, 1.54) is 6.20 Å². The van der Waals surface area contributed by atoms with Crippen LogP contribution in [0.2, 0.25) is 0 Å². The molecule has 0 aliphatic heterocycles. The smallest absolute Gasteiger partial charge is 0.347 e. The van der Waals surface area contributed by atoms with Crippen LogP contribution in [0.25, 0.3) is 0 Å². The number of ether oxygens (including phenoxy) is 1. The maximum atomic E-state index is 11.7. The predicted octanol–water partition coefficient (Wildman–Crippen LogP) is 1.60. The first-order valence-electron chi connectivity index (χ1n) is 6.63. The van der Waals surface area contributed by atoms with E-state index in [-0.39, 0.29) is 11.7 Å². The van der Waals surface area contributed by atoms with Crippen LogP contribution in [0.4, 0.5) is 0 Å². The lowest BCUT2D eigenvalue weighted by molar-refractivity contribution is 0.410. The number of nitrogens with one attached hydrogen (secondary N) is 1. The highest BCUT2D eigenvalue weighted by molar-refractivity contribution is 5.30. The molecule has 1 N–H and O–H groups in total. The van der Waals surface area contributed by atoms with Crippen LogP contribution >= 0.6 is 0 Å². The second-order valence-corrected chi connectivity index (χ2v) is 4.44. The van der Waals surface area contributed by atoms with Gasteiger partial charge in [-0.3, -0.25) is 4.57 Å². The Bertz CT molecular complexity index is 610. The second kappa shape index (κ2) is 6.86. The molecule has 0 radical (unpaired) electrons. The molecule has 0 aliphatic carbocycles. The molecule has 20 heavy (non-hydrogen) atoms. The molecule has 0 saturated carbocycles. The van der Waals surface area contributed by atoms with Gasteiger partial charge in [0.25, 0.3) is 0 Å². The summed E-state index contributed by atoms with van der Waals surface area (Å²) in [7, 11) is 1.65. The molecule has 0 spiro atoms. The topological polar surface area (TPSA) is 56.2 Å². The van der Waals surface area contributed by atoms with Gasteiger partial charge in [0.2, 0.25) is 0 Å². The lowest BCUT2D eigenvalue weighted by Crippen LogP contribution is -2.31. The summed E-state index contributed by atoms with van der Waals surface area (Å²) >= 11 is 0. The SMILES string of the molecule is CCNC(Cn1cccnc1=O)c1cccc(OC)c1. The van der Waals surface area contributed by atoms with Gasteiger partial charge in [0, 0.05) is 18.9 Å². The second-order valence-electron chi connectivity index (χ2n) is 4.44. The maximum absolute atomic E-state index is 11.7. The Morgan fingerprint density at radius 3 is 2.95 bits per heavy atom. The molecular weight excluding hydrogens is 254 g/mol. The Hall–Kier alpha value is -2.14. The first-order valence-corrected chi connectivity index (χ1v) is 6.63. The van der Waals surface area contributed by atoms with Gasteiger partial charge in [0.15, 0.2) is 0 Å². The highest BCUT2D eigenvalue weighted by Crippen LogP contribution is 2.20. The third-order valence-corrected chi connectivity index (χ3v) is 3.11. The fourth-order valence-corrected chi connectivity index (χ4v) is 2.12. The standard InChI is InChI=1S/C15H19N3O2/c1-3-16-14(11-18-9-5-8-17-15(18)19)12-6-4-7-13(10-12)20-2/h4-10,14,16H,3,11H2,1-2H3. The lowest BCUT2D eigenvalue weighted by Gasteiger charge is -2.19. The van der Waals surface area contributed by atoms with E-state index in [4.69, 9.17) is 4.74 Å². The van der Waals surface area contributed by atoms with Gasteiger partial charge in [-0.2, -0.15) is 0 Å². The summed E-state index contributed by atoms with van der Waals surface area (Å²) in [5, 5.41) is 3.38. The van der Waals surface area contributed by atoms with E-state index >= 15 is 0 Å². The number of nitrogens with zero attached hydrogens (tertiary/aromatic N) is 2. The third-order valence-electron chi connectivity index (χ3n) is 3.11. The molecule has 0 aliphatic rings. The summed E-state index contributed by atoms with van der Waals surface area (Å²) in [4.78, 5) is 15.5. The van der Waals surface area contributed by atoms with Gasteiger partial charge in [-0.1, -0.05) is 19.1 Å². The summed E-state index contributed by atoms with van der Waals surface area (Å²) in [6, 6.07) is 9.66. The minimum Gasteiger partial charge on any atom is -0.497 e. The Kier molecular flexibility index (Phi) is 4.90. The van der Waals surface area contributed by atoms with E-state index in [2.05, 4.69) is 10.3 Å². The third kappa shape index (κ3) is 3.45. The van der Waals surface area contributed by atoms with E-state index in [0.717, 1.165) is 17.9 Å². The van der Waals surface area contributed by atoms with E-state index in [9.17, 15) is 4.79 Å². The summed E-state index contributed by atoms with van der Waals surface area (Å²) in [5.41, 5.74) is 0.847. The first kappa shape index (κ1) is 14.3. The van der Waals surface area contributed by atoms with E-state index < -0.39 is 0 Å². The molecule has 5 nitrogen and oxygen atoms in total. The quantitative estimate of drug-likeness (QED) is 0.868. The molecule has 1 unspecified atom stereocenters. The minimum absolute atomic E-state index is 0.0389. The summed E-state index contributed by atoms with van der Waals surface area (Å²) < 4.78 is 6.85. The zero-order chi connectivity index (χ0) is 14.4. The van der Waals surface area contributed by atoms with Crippen LogP contribution in [-0.2, 0) is 6.54 Å². The number of hydrogen-bond acceptors (Lipinski definition) is 4. The molecular formula is C15H19N3O2. The van der Waals surface area contributed by atoms with Gasteiger partial charge in [-0.05, 0) is 30.3 Å². The van der Waals surface area contributed by atoms with Crippen molar-refractivity contribution in [3.8, 4) is 5.75 Å². The van der Waals surface area contributed by atoms with Crippen molar-refractivity contribution < 1.29 is 4.74 Å². The number of aromatic nitrogens is 2. The van der Waals surface area contributed by atoms with E-state index in [0.29, 0.717) is 6.54 Å². The van der Waals surface area contributed by atoms with E-state index in [1.54, 1.807) is 23.9 Å². The van der Waals surface area contributed by atoms with Crippen molar-refractivity contribution >= 4 is 0 Å². The van der Waals surface area contributed by atoms with Crippen molar-refractivity contribution in [2.24, 2.45) is 0 Å². The van der Waals surface area contributed by atoms with Crippen molar-refractivity contribution in [3.63, 3.8) is 0 Å². The number of hydrogen-bond donors (Lipinski definition) is 1. The number of benzene rings is 1. The normalized spacial score (nSPS) is 12.1. The van der Waals surface area contributed by atoms with Crippen molar-refractivity contribution in [1.29, 1.82) is 0 Å². The van der Waals surface area contributed by atoms with Crippen LogP contribution in [0.15, 0.2) is 47.5 Å². The zero-order valence-corrected chi connectivity index (χ0v) is 11.7. The molecule has 1 heterocycles. The summed E-state index contributed by atoms with van der Waals surface area (Å²) in [5.74, 6) is 0.809. The van der Waals surface area contributed by atoms with Gasteiger partial charge in [0.05, 0.1) is 13.2 Å². The average molecular weight is 273 g/mol. The molecule has 0 bridgehead atoms. The van der Waals surface area contributed by atoms with Crippen LogP contribution in [0.5, 0.6) is 5.75 Å². The molecule has 2 aromatic rings. The summed E-state index contributed by atoms with van der Waals surface area (Å²) in [6.07, 6.45) is 3.26. The largest absolute Gasteiger partial charge is 0.497 e. The highest BCUT2D eigenvalue weighted by Gasteiger charge is 2.12. The van der Waals surface area contributed by atoms with Gasteiger partial charge in [0.1, 0.15) is 5.75 Å². The Balaban J connectivity index is 2.26. The Morgan fingerprint density at radius 1 is 1.40 bits per heavy atom. The van der Waals surface area contributed by atoms with Crippen LogP contribution in [0, 0.1) is 0 Å². The average Bonchev–Trinajstić information content (AvgIpc) is 2.49. The number of likely N-dealkylation sites (N-methyl/N-ethyl adjacent to an activating group) is 1. The Labute approximate surface area is 118 Å². The van der Waals surface area contributed by atoms with Crippen molar-refractivity contribution in [1.82, 2.24) is 14.9 Å². The number of rotatable bonds is 6. The molecule has 2 rings (SSSR count). The van der Waals surface area contributed by atoms with Crippen LogP contribution in [-0.4, -0.2) is 23.2 Å². The molecule has 1 aromatic carbocycles. The Morgan fingerprint density at radius 2 is 2.25 bits per heavy atom. The fraction of sp³-hybridized carbons (Fsp3) is 0.333. The monoisotopic (exact) mass is 273 g/mol. The van der Waals surface area contributed by atoms with Crippen molar-refractivity contribution in [2.75, 3.05) is 13.7 Å². The highest BCUT2D eigenvalue weighted by atomic mass is 16.5. The van der Waals surface area contributed by atoms with Crippen LogP contribution < -0.4 is 15.7 Å². The molecule has 0 fully saturated rings. The van der Waals surface area contributed by atoms with Gasteiger partial charge >= 0.3 is 5.69 Å².